The summed E-state index contributed by atoms with van der Waals surface area (Å²) in [4.78, 5) is 12.0. The van der Waals surface area contributed by atoms with Crippen molar-refractivity contribution in [1.29, 1.82) is 0 Å². The van der Waals surface area contributed by atoms with Crippen molar-refractivity contribution in [3.8, 4) is 0 Å². The van der Waals surface area contributed by atoms with Gasteiger partial charge in [-0.3, -0.25) is 4.79 Å². The molecule has 3 atom stereocenters. The standard InChI is InChI=1S/C11H22N2O2S/c1-8(6-16-3)4-13-10(14)11(2)7-15-5-9(11)12/h8-9H,4-7,12H2,1-3H3,(H,13,14). The van der Waals surface area contributed by atoms with E-state index in [9.17, 15) is 4.79 Å². The van der Waals surface area contributed by atoms with E-state index in [1.165, 1.54) is 0 Å². The van der Waals surface area contributed by atoms with Gasteiger partial charge in [-0.2, -0.15) is 11.8 Å². The summed E-state index contributed by atoms with van der Waals surface area (Å²) in [5, 5.41) is 2.97. The third-order valence-electron chi connectivity index (χ3n) is 3.10. The van der Waals surface area contributed by atoms with Gasteiger partial charge in [0.15, 0.2) is 0 Å². The fraction of sp³-hybridized carbons (Fsp3) is 0.909. The smallest absolute Gasteiger partial charge is 0.229 e. The molecule has 0 bridgehead atoms. The zero-order valence-electron chi connectivity index (χ0n) is 10.3. The molecule has 1 heterocycles. The lowest BCUT2D eigenvalue weighted by atomic mass is 9.85. The van der Waals surface area contributed by atoms with Gasteiger partial charge in [-0.05, 0) is 24.9 Å². The second kappa shape index (κ2) is 5.89. The average molecular weight is 246 g/mol. The van der Waals surface area contributed by atoms with Gasteiger partial charge >= 0.3 is 0 Å². The van der Waals surface area contributed by atoms with E-state index >= 15 is 0 Å². The minimum Gasteiger partial charge on any atom is -0.379 e. The quantitative estimate of drug-likeness (QED) is 0.740. The molecule has 1 rings (SSSR count). The van der Waals surface area contributed by atoms with Crippen molar-refractivity contribution >= 4 is 17.7 Å². The molecule has 0 aromatic heterocycles. The Balaban J connectivity index is 2.40. The van der Waals surface area contributed by atoms with E-state index in [1.807, 2.05) is 6.92 Å². The van der Waals surface area contributed by atoms with Gasteiger partial charge in [-0.1, -0.05) is 6.92 Å². The van der Waals surface area contributed by atoms with Crippen LogP contribution in [0.15, 0.2) is 0 Å². The van der Waals surface area contributed by atoms with Crippen LogP contribution in [0.4, 0.5) is 0 Å². The Morgan fingerprint density at radius 2 is 2.44 bits per heavy atom. The third-order valence-corrected chi connectivity index (χ3v) is 4.00. The normalized spacial score (nSPS) is 31.4. The first-order valence-corrected chi connectivity index (χ1v) is 7.00. The lowest BCUT2D eigenvalue weighted by Crippen LogP contribution is -2.50. The van der Waals surface area contributed by atoms with Gasteiger partial charge in [0.05, 0.1) is 18.6 Å². The van der Waals surface area contributed by atoms with Crippen LogP contribution in [-0.4, -0.2) is 43.7 Å². The highest BCUT2D eigenvalue weighted by atomic mass is 32.2. The van der Waals surface area contributed by atoms with Crippen molar-refractivity contribution in [3.05, 3.63) is 0 Å². The lowest BCUT2D eigenvalue weighted by molar-refractivity contribution is -0.130. The summed E-state index contributed by atoms with van der Waals surface area (Å²) in [6, 6.07) is -0.191. The van der Waals surface area contributed by atoms with Gasteiger partial charge in [0.2, 0.25) is 5.91 Å². The number of amides is 1. The number of nitrogens with one attached hydrogen (secondary N) is 1. The molecule has 1 aliphatic rings. The molecule has 4 nitrogen and oxygen atoms in total. The fourth-order valence-corrected chi connectivity index (χ4v) is 2.42. The summed E-state index contributed by atoms with van der Waals surface area (Å²) in [7, 11) is 0. The summed E-state index contributed by atoms with van der Waals surface area (Å²) in [6.07, 6.45) is 2.07. The highest BCUT2D eigenvalue weighted by Gasteiger charge is 2.44. The first-order chi connectivity index (χ1) is 7.50. The maximum absolute atomic E-state index is 12.0. The lowest BCUT2D eigenvalue weighted by Gasteiger charge is -2.26. The molecule has 0 aromatic carbocycles. The van der Waals surface area contributed by atoms with Crippen molar-refractivity contribution in [2.45, 2.75) is 19.9 Å². The molecular formula is C11H22N2O2S. The van der Waals surface area contributed by atoms with E-state index in [0.29, 0.717) is 25.7 Å². The van der Waals surface area contributed by atoms with E-state index in [-0.39, 0.29) is 11.9 Å². The molecule has 0 saturated carbocycles. The zero-order valence-corrected chi connectivity index (χ0v) is 11.1. The molecule has 1 fully saturated rings. The highest BCUT2D eigenvalue weighted by molar-refractivity contribution is 7.98. The highest BCUT2D eigenvalue weighted by Crippen LogP contribution is 2.27. The number of carbonyl (C=O) groups is 1. The van der Waals surface area contributed by atoms with Gasteiger partial charge < -0.3 is 15.8 Å². The Morgan fingerprint density at radius 1 is 1.75 bits per heavy atom. The van der Waals surface area contributed by atoms with E-state index in [4.69, 9.17) is 10.5 Å². The van der Waals surface area contributed by atoms with Gasteiger partial charge in [-0.15, -0.1) is 0 Å². The minimum atomic E-state index is -0.556. The third kappa shape index (κ3) is 3.12. The van der Waals surface area contributed by atoms with Gasteiger partial charge in [0, 0.05) is 12.6 Å². The Bertz CT molecular complexity index is 250. The minimum absolute atomic E-state index is 0.0189. The number of hydrogen-bond donors (Lipinski definition) is 2. The van der Waals surface area contributed by atoms with E-state index in [0.717, 1.165) is 5.75 Å². The molecule has 16 heavy (non-hydrogen) atoms. The summed E-state index contributed by atoms with van der Waals surface area (Å²) in [5.41, 5.74) is 5.33. The van der Waals surface area contributed by atoms with Crippen LogP contribution in [0.25, 0.3) is 0 Å². The van der Waals surface area contributed by atoms with Crippen LogP contribution in [0, 0.1) is 11.3 Å². The second-order valence-electron chi connectivity index (χ2n) is 4.81. The Kier molecular flexibility index (Phi) is 5.08. The zero-order chi connectivity index (χ0) is 12.2. The van der Waals surface area contributed by atoms with Crippen LogP contribution < -0.4 is 11.1 Å². The number of thioether (sulfide) groups is 1. The molecule has 0 aromatic rings. The molecule has 5 heteroatoms. The molecule has 0 aliphatic carbocycles. The maximum atomic E-state index is 12.0. The molecule has 1 amide bonds. The van der Waals surface area contributed by atoms with E-state index in [1.54, 1.807) is 11.8 Å². The molecule has 3 N–H and O–H groups in total. The topological polar surface area (TPSA) is 64.3 Å². The maximum Gasteiger partial charge on any atom is 0.229 e. The monoisotopic (exact) mass is 246 g/mol. The summed E-state index contributed by atoms with van der Waals surface area (Å²) >= 11 is 1.79. The SMILES string of the molecule is CSCC(C)CNC(=O)C1(C)COCC1N. The molecule has 94 valence electrons. The van der Waals surface area contributed by atoms with E-state index < -0.39 is 5.41 Å². The number of rotatable bonds is 5. The van der Waals surface area contributed by atoms with Gasteiger partial charge in [0.25, 0.3) is 0 Å². The van der Waals surface area contributed by atoms with Crippen molar-refractivity contribution in [2.24, 2.45) is 17.1 Å². The Morgan fingerprint density at radius 3 is 2.94 bits per heavy atom. The van der Waals surface area contributed by atoms with Crippen molar-refractivity contribution in [3.63, 3.8) is 0 Å². The molecule has 1 aliphatic heterocycles. The van der Waals surface area contributed by atoms with Gasteiger partial charge in [0.1, 0.15) is 0 Å². The molecule has 0 radical (unpaired) electrons. The number of hydrogen-bond acceptors (Lipinski definition) is 4. The molecular weight excluding hydrogens is 224 g/mol. The predicted molar refractivity (Wildman–Crippen MR) is 67.5 cm³/mol. The van der Waals surface area contributed by atoms with Gasteiger partial charge in [-0.25, -0.2) is 0 Å². The largest absolute Gasteiger partial charge is 0.379 e. The van der Waals surface area contributed by atoms with Crippen molar-refractivity contribution in [2.75, 3.05) is 31.8 Å². The average Bonchev–Trinajstić information content (AvgIpc) is 2.57. The van der Waals surface area contributed by atoms with Crippen LogP contribution in [0.2, 0.25) is 0 Å². The first kappa shape index (κ1) is 13.8. The second-order valence-corrected chi connectivity index (χ2v) is 5.72. The number of carbonyl (C=O) groups excluding carboxylic acids is 1. The van der Waals surface area contributed by atoms with E-state index in [2.05, 4.69) is 18.5 Å². The Hall–Kier alpha value is -0.260. The predicted octanol–water partition coefficient (Wildman–Crippen LogP) is 0.466. The number of nitrogens with two attached hydrogens (primary N) is 1. The van der Waals surface area contributed by atoms with Crippen LogP contribution in [0.1, 0.15) is 13.8 Å². The number of ether oxygens (including phenoxy) is 1. The van der Waals surface area contributed by atoms with Crippen molar-refractivity contribution < 1.29 is 9.53 Å². The first-order valence-electron chi connectivity index (χ1n) is 5.61. The summed E-state index contributed by atoms with van der Waals surface area (Å²) < 4.78 is 5.26. The van der Waals surface area contributed by atoms with Crippen LogP contribution in [-0.2, 0) is 9.53 Å². The summed E-state index contributed by atoms with van der Waals surface area (Å²) in [5.74, 6) is 1.56. The van der Waals surface area contributed by atoms with Crippen LogP contribution in [0.5, 0.6) is 0 Å². The summed E-state index contributed by atoms with van der Waals surface area (Å²) in [6.45, 7) is 5.62. The molecule has 1 saturated heterocycles. The molecule has 0 spiro atoms. The van der Waals surface area contributed by atoms with Crippen LogP contribution in [0.3, 0.4) is 0 Å². The van der Waals surface area contributed by atoms with Crippen LogP contribution >= 0.6 is 11.8 Å². The fourth-order valence-electron chi connectivity index (χ4n) is 1.74. The molecule has 3 unspecified atom stereocenters. The van der Waals surface area contributed by atoms with Crippen molar-refractivity contribution in [1.82, 2.24) is 5.32 Å². The Labute approximate surface area is 102 Å².